The highest BCUT2D eigenvalue weighted by Gasteiger charge is 2.20. The van der Waals surface area contributed by atoms with E-state index in [0.29, 0.717) is 0 Å². The van der Waals surface area contributed by atoms with Crippen molar-refractivity contribution < 1.29 is 0 Å². The van der Waals surface area contributed by atoms with E-state index in [1.165, 1.54) is 74.7 Å². The zero-order chi connectivity index (χ0) is 33.0. The van der Waals surface area contributed by atoms with E-state index in [-0.39, 0.29) is 0 Å². The van der Waals surface area contributed by atoms with Crippen LogP contribution in [0, 0.1) is 0 Å². The molecule has 0 aliphatic carbocycles. The van der Waals surface area contributed by atoms with Gasteiger partial charge in [0.05, 0.1) is 0 Å². The van der Waals surface area contributed by atoms with Gasteiger partial charge in [-0.05, 0) is 97.0 Å². The third-order valence-corrected chi connectivity index (χ3v) is 11.1. The zero-order valence-electron chi connectivity index (χ0n) is 27.1. The van der Waals surface area contributed by atoms with Gasteiger partial charge in [-0.25, -0.2) is 4.98 Å². The predicted molar refractivity (Wildman–Crippen MR) is 215 cm³/mol. The van der Waals surface area contributed by atoms with Crippen LogP contribution < -0.4 is 4.90 Å². The lowest BCUT2D eigenvalue weighted by molar-refractivity contribution is 1.20. The lowest BCUT2D eigenvalue weighted by atomic mass is 9.92. The molecule has 234 valence electrons. The van der Waals surface area contributed by atoms with Crippen molar-refractivity contribution in [2.24, 2.45) is 0 Å². The van der Waals surface area contributed by atoms with Gasteiger partial charge in [0, 0.05) is 37.7 Å². The maximum Gasteiger partial charge on any atom is 0.146 e. The maximum atomic E-state index is 5.06. The monoisotopic (exact) mass is 654 g/mol. The molecule has 8 aromatic carbocycles. The van der Waals surface area contributed by atoms with Gasteiger partial charge < -0.3 is 0 Å². The van der Waals surface area contributed by atoms with E-state index in [1.807, 2.05) is 17.5 Å². The van der Waals surface area contributed by atoms with Gasteiger partial charge in [-0.15, -0.1) is 11.3 Å². The minimum Gasteiger partial charge on any atom is -0.295 e. The van der Waals surface area contributed by atoms with Crippen LogP contribution in [0.2, 0.25) is 0 Å². The second kappa shape index (κ2) is 11.7. The van der Waals surface area contributed by atoms with E-state index < -0.39 is 0 Å². The molecule has 0 aliphatic heterocycles. The first-order valence-corrected chi connectivity index (χ1v) is 17.8. The molecule has 2 nitrogen and oxygen atoms in total. The van der Waals surface area contributed by atoms with E-state index in [1.54, 1.807) is 0 Å². The summed E-state index contributed by atoms with van der Waals surface area (Å²) in [7, 11) is 0. The molecule has 0 aliphatic rings. The van der Waals surface area contributed by atoms with Gasteiger partial charge in [0.25, 0.3) is 0 Å². The second-order valence-corrected chi connectivity index (χ2v) is 13.8. The molecule has 0 bridgehead atoms. The normalized spacial score (nSPS) is 11.6. The number of anilines is 3. The molecule has 0 saturated carbocycles. The number of thiophene rings is 1. The molecule has 2 heterocycles. The Morgan fingerprint density at radius 3 is 1.48 bits per heavy atom. The van der Waals surface area contributed by atoms with Gasteiger partial charge >= 0.3 is 0 Å². The largest absolute Gasteiger partial charge is 0.295 e. The van der Waals surface area contributed by atoms with Crippen LogP contribution in [-0.4, -0.2) is 4.98 Å². The van der Waals surface area contributed by atoms with Crippen molar-refractivity contribution in [2.45, 2.75) is 0 Å². The molecule has 0 amide bonds. The van der Waals surface area contributed by atoms with Gasteiger partial charge in [0.1, 0.15) is 5.82 Å². The number of hydrogen-bond donors (Lipinski definition) is 0. The predicted octanol–water partition coefficient (Wildman–Crippen LogP) is 13.7. The van der Waals surface area contributed by atoms with Crippen LogP contribution in [0.4, 0.5) is 17.2 Å². The van der Waals surface area contributed by atoms with E-state index in [0.717, 1.165) is 17.2 Å². The molecule has 0 N–H and O–H groups in total. The fourth-order valence-electron chi connectivity index (χ4n) is 7.54. The topological polar surface area (TPSA) is 16.1 Å². The van der Waals surface area contributed by atoms with Crippen molar-refractivity contribution in [2.75, 3.05) is 4.90 Å². The molecule has 0 unspecified atom stereocenters. The summed E-state index contributed by atoms with van der Waals surface area (Å²) in [5, 5.41) is 10.1. The van der Waals surface area contributed by atoms with Crippen LogP contribution in [-0.2, 0) is 0 Å². The van der Waals surface area contributed by atoms with Crippen molar-refractivity contribution in [1.29, 1.82) is 0 Å². The molecular formula is C47H30N2S. The molecule has 50 heavy (non-hydrogen) atoms. The average Bonchev–Trinajstić information content (AvgIpc) is 3.58. The molecule has 0 atom stereocenters. The van der Waals surface area contributed by atoms with Crippen LogP contribution in [0.5, 0.6) is 0 Å². The van der Waals surface area contributed by atoms with Crippen molar-refractivity contribution in [1.82, 2.24) is 4.98 Å². The van der Waals surface area contributed by atoms with Gasteiger partial charge in [0.15, 0.2) is 0 Å². The Kier molecular flexibility index (Phi) is 6.71. The van der Waals surface area contributed by atoms with E-state index in [4.69, 9.17) is 4.98 Å². The fraction of sp³-hybridized carbons (Fsp3) is 0. The molecule has 10 rings (SSSR count). The Balaban J connectivity index is 1.12. The van der Waals surface area contributed by atoms with E-state index >= 15 is 0 Å². The summed E-state index contributed by atoms with van der Waals surface area (Å²) >= 11 is 1.82. The Labute approximate surface area is 294 Å². The van der Waals surface area contributed by atoms with E-state index in [2.05, 4.69) is 181 Å². The highest BCUT2D eigenvalue weighted by Crippen LogP contribution is 2.44. The van der Waals surface area contributed by atoms with Gasteiger partial charge in [-0.3, -0.25) is 4.90 Å². The zero-order valence-corrected chi connectivity index (χ0v) is 27.9. The lowest BCUT2D eigenvalue weighted by Gasteiger charge is -2.25. The van der Waals surface area contributed by atoms with Crippen molar-refractivity contribution >= 4 is 81.0 Å². The number of aromatic nitrogens is 1. The summed E-state index contributed by atoms with van der Waals surface area (Å²) in [6, 6.07) is 63.6. The van der Waals surface area contributed by atoms with Gasteiger partial charge in [-0.1, -0.05) is 133 Å². The Morgan fingerprint density at radius 2 is 0.840 bits per heavy atom. The lowest BCUT2D eigenvalue weighted by Crippen LogP contribution is -2.11. The van der Waals surface area contributed by atoms with Crippen LogP contribution in [0.15, 0.2) is 182 Å². The average molecular weight is 655 g/mol. The first kappa shape index (κ1) is 28.7. The molecule has 2 aromatic heterocycles. The van der Waals surface area contributed by atoms with Gasteiger partial charge in [0.2, 0.25) is 0 Å². The Bertz CT molecular complexity index is 2820. The minimum absolute atomic E-state index is 0.934. The minimum atomic E-state index is 0.934. The van der Waals surface area contributed by atoms with Crippen LogP contribution in [0.1, 0.15) is 0 Å². The van der Waals surface area contributed by atoms with Crippen LogP contribution in [0.25, 0.3) is 74.7 Å². The summed E-state index contributed by atoms with van der Waals surface area (Å²) in [5.74, 6) is 0.934. The third kappa shape index (κ3) is 4.67. The Hall–Kier alpha value is -6.29. The molecule has 0 spiro atoms. The number of fused-ring (bicyclic) bond motifs is 9. The van der Waals surface area contributed by atoms with Crippen molar-refractivity contribution in [3.05, 3.63) is 182 Å². The summed E-state index contributed by atoms with van der Waals surface area (Å²) < 4.78 is 2.50. The first-order chi connectivity index (χ1) is 24.8. The molecular weight excluding hydrogens is 625 g/mol. The summed E-state index contributed by atoms with van der Waals surface area (Å²) in [6.45, 7) is 0. The highest BCUT2D eigenvalue weighted by atomic mass is 32.1. The van der Waals surface area contributed by atoms with E-state index in [9.17, 15) is 0 Å². The quantitative estimate of drug-likeness (QED) is 0.172. The second-order valence-electron chi connectivity index (χ2n) is 12.8. The number of benzene rings is 8. The van der Waals surface area contributed by atoms with Gasteiger partial charge in [-0.2, -0.15) is 0 Å². The number of hydrogen-bond acceptors (Lipinski definition) is 3. The molecule has 10 aromatic rings. The highest BCUT2D eigenvalue weighted by molar-refractivity contribution is 7.25. The SMILES string of the molecule is c1ccc(-c2ccc(N(c3ccc(-c4ccc5c6ccccc6c6ccccc6c5c4)cc3)c3nccc4sc5ccccc5c34)cc2)cc1. The molecule has 0 fully saturated rings. The molecule has 0 saturated heterocycles. The smallest absolute Gasteiger partial charge is 0.146 e. The third-order valence-electron chi connectivity index (χ3n) is 9.92. The van der Waals surface area contributed by atoms with Crippen molar-refractivity contribution in [3.63, 3.8) is 0 Å². The number of nitrogens with zero attached hydrogens (tertiary/aromatic N) is 2. The van der Waals surface area contributed by atoms with Crippen LogP contribution in [0.3, 0.4) is 0 Å². The van der Waals surface area contributed by atoms with Crippen molar-refractivity contribution in [3.8, 4) is 22.3 Å². The first-order valence-electron chi connectivity index (χ1n) is 17.0. The Morgan fingerprint density at radius 1 is 0.360 bits per heavy atom. The maximum absolute atomic E-state index is 5.06. The molecule has 0 radical (unpaired) electrons. The molecule has 3 heteroatoms. The van der Waals surface area contributed by atoms with Crippen LogP contribution >= 0.6 is 11.3 Å². The standard InChI is InChI=1S/C47H30N2S/c1-2-10-31(11-3-1)32-18-23-35(24-19-32)49(47-46-42-16-8-9-17-44(42)50-45(46)28-29-48-47)36-25-20-33(21-26-36)34-22-27-41-39-14-5-4-12-37(39)38-13-6-7-15-40(38)43(41)30-34/h1-30H. The summed E-state index contributed by atoms with van der Waals surface area (Å²) in [5.41, 5.74) is 6.90. The summed E-state index contributed by atoms with van der Waals surface area (Å²) in [4.78, 5) is 7.37. The number of rotatable bonds is 5. The summed E-state index contributed by atoms with van der Waals surface area (Å²) in [6.07, 6.45) is 1.94. The number of pyridine rings is 1. The fourth-order valence-corrected chi connectivity index (χ4v) is 8.64.